The predicted octanol–water partition coefficient (Wildman–Crippen LogP) is 5.20. The fraction of sp³-hybridized carbons (Fsp3) is 0.621. The zero-order valence-corrected chi connectivity index (χ0v) is 25.0. The SMILES string of the molecule is C=CCOC(=O)C1=C(C=C[C@@H]2CCCN2C(=O)OCC=C)[C@H](C)[C@@H]2[C@@H]([C@@H](C)O[Si](C)(C)C(C)(C)C)C(=O)N12. The van der Waals surface area contributed by atoms with E-state index in [9.17, 15) is 14.4 Å². The van der Waals surface area contributed by atoms with Gasteiger partial charge in [0.1, 0.15) is 18.9 Å². The van der Waals surface area contributed by atoms with Crippen LogP contribution in [0.25, 0.3) is 0 Å². The molecule has 0 spiro atoms. The maximum absolute atomic E-state index is 13.5. The van der Waals surface area contributed by atoms with Crippen molar-refractivity contribution in [1.29, 1.82) is 0 Å². The van der Waals surface area contributed by atoms with Crippen molar-refractivity contribution in [2.45, 2.75) is 83.8 Å². The van der Waals surface area contributed by atoms with Crippen molar-refractivity contribution in [2.24, 2.45) is 11.8 Å². The summed E-state index contributed by atoms with van der Waals surface area (Å²) < 4.78 is 17.2. The molecule has 8 nitrogen and oxygen atoms in total. The standard InChI is InChI=1S/C29H44N2O6Si/c1-10-17-35-27(33)25-22(15-14-21-13-12-16-30(21)28(34)36-18-11-2)19(3)24-23(26(32)31(24)25)20(4)37-38(8,9)29(5,6)7/h10-11,14-15,19-21,23-24H,1-2,12-13,16-18H2,3-9H3/t19-,20+,21-,23+,24+/m0/s1. The summed E-state index contributed by atoms with van der Waals surface area (Å²) in [5.74, 6) is -1.10. The number of rotatable bonds is 10. The summed E-state index contributed by atoms with van der Waals surface area (Å²) in [6.45, 7) is 22.9. The van der Waals surface area contributed by atoms with Crippen molar-refractivity contribution in [1.82, 2.24) is 9.80 Å². The third-order valence-corrected chi connectivity index (χ3v) is 13.0. The number of carbonyl (C=O) groups excluding carboxylic acids is 3. The quantitative estimate of drug-likeness (QED) is 0.163. The van der Waals surface area contributed by atoms with Gasteiger partial charge in [0, 0.05) is 12.5 Å². The van der Waals surface area contributed by atoms with E-state index in [0.29, 0.717) is 6.54 Å². The topological polar surface area (TPSA) is 85.4 Å². The average Bonchev–Trinajstić information content (AvgIpc) is 3.39. The largest absolute Gasteiger partial charge is 0.457 e. The van der Waals surface area contributed by atoms with Gasteiger partial charge in [0.05, 0.1) is 24.1 Å². The van der Waals surface area contributed by atoms with E-state index in [1.165, 1.54) is 6.08 Å². The lowest BCUT2D eigenvalue weighted by Crippen LogP contribution is -2.65. The van der Waals surface area contributed by atoms with Crippen molar-refractivity contribution in [3.05, 3.63) is 48.7 Å². The van der Waals surface area contributed by atoms with Crippen LogP contribution in [0, 0.1) is 11.8 Å². The molecule has 2 fully saturated rings. The minimum atomic E-state index is -2.10. The zero-order valence-electron chi connectivity index (χ0n) is 24.0. The number of likely N-dealkylation sites (tertiary alicyclic amines) is 1. The van der Waals surface area contributed by atoms with E-state index >= 15 is 0 Å². The first-order chi connectivity index (χ1) is 17.8. The van der Waals surface area contributed by atoms with Gasteiger partial charge < -0.3 is 23.7 Å². The van der Waals surface area contributed by atoms with Gasteiger partial charge in [-0.05, 0) is 43.5 Å². The third-order valence-electron chi connectivity index (χ3n) is 8.38. The van der Waals surface area contributed by atoms with E-state index in [4.69, 9.17) is 13.9 Å². The summed E-state index contributed by atoms with van der Waals surface area (Å²) in [5.41, 5.74) is 1.02. The Hall–Kier alpha value is -2.65. The number of ether oxygens (including phenoxy) is 2. The number of nitrogens with zero attached hydrogens (tertiary/aromatic N) is 2. The van der Waals surface area contributed by atoms with E-state index in [1.807, 2.05) is 26.0 Å². The van der Waals surface area contributed by atoms with Crippen LogP contribution in [0.4, 0.5) is 4.79 Å². The Morgan fingerprint density at radius 3 is 2.39 bits per heavy atom. The monoisotopic (exact) mass is 544 g/mol. The second-order valence-corrected chi connectivity index (χ2v) is 16.7. The number of allylic oxidation sites excluding steroid dienone is 1. The molecule has 0 radical (unpaired) electrons. The van der Waals surface area contributed by atoms with Crippen LogP contribution in [0.15, 0.2) is 48.7 Å². The first kappa shape index (κ1) is 29.9. The summed E-state index contributed by atoms with van der Waals surface area (Å²) >= 11 is 0. The van der Waals surface area contributed by atoms with Crippen LogP contribution in [-0.4, -0.2) is 74.0 Å². The summed E-state index contributed by atoms with van der Waals surface area (Å²) in [5, 5.41) is 0.0147. The molecule has 3 aliphatic rings. The molecule has 210 valence electrons. The Morgan fingerprint density at radius 2 is 1.79 bits per heavy atom. The van der Waals surface area contributed by atoms with Crippen molar-refractivity contribution in [3.63, 3.8) is 0 Å². The van der Waals surface area contributed by atoms with Crippen molar-refractivity contribution >= 4 is 26.3 Å². The van der Waals surface area contributed by atoms with Gasteiger partial charge in [0.15, 0.2) is 8.32 Å². The predicted molar refractivity (Wildman–Crippen MR) is 150 cm³/mol. The number of β-lactam (4-membered cyclic amide) rings is 1. The Bertz CT molecular complexity index is 1030. The van der Waals surface area contributed by atoms with Crippen molar-refractivity contribution < 1.29 is 28.3 Å². The molecule has 3 rings (SSSR count). The molecule has 2 saturated heterocycles. The first-order valence-corrected chi connectivity index (χ1v) is 16.4. The molecule has 0 saturated carbocycles. The first-order valence-electron chi connectivity index (χ1n) is 13.5. The molecule has 2 amide bonds. The van der Waals surface area contributed by atoms with Crippen LogP contribution in [0.2, 0.25) is 18.1 Å². The normalized spacial score (nSPS) is 26.3. The Labute approximate surface area is 228 Å². The maximum atomic E-state index is 13.5. The van der Waals surface area contributed by atoms with Crippen molar-refractivity contribution in [3.8, 4) is 0 Å². The van der Waals surface area contributed by atoms with Crippen molar-refractivity contribution in [2.75, 3.05) is 19.8 Å². The molecule has 0 unspecified atom stereocenters. The molecular formula is C29H44N2O6Si. The van der Waals surface area contributed by atoms with E-state index in [2.05, 4.69) is 47.0 Å². The number of esters is 1. The van der Waals surface area contributed by atoms with Crippen LogP contribution in [0.5, 0.6) is 0 Å². The molecule has 0 aromatic carbocycles. The molecule has 0 N–H and O–H groups in total. The van der Waals surface area contributed by atoms with Crippen LogP contribution >= 0.6 is 0 Å². The minimum Gasteiger partial charge on any atom is -0.457 e. The highest BCUT2D eigenvalue weighted by atomic mass is 28.4. The van der Waals surface area contributed by atoms with E-state index < -0.39 is 14.3 Å². The Morgan fingerprint density at radius 1 is 1.16 bits per heavy atom. The summed E-state index contributed by atoms with van der Waals surface area (Å²) in [4.78, 5) is 42.4. The summed E-state index contributed by atoms with van der Waals surface area (Å²) in [6, 6.07) is -0.344. The second kappa shape index (κ2) is 11.6. The number of hydrogen-bond acceptors (Lipinski definition) is 6. The lowest BCUT2D eigenvalue weighted by atomic mass is 9.77. The third kappa shape index (κ3) is 5.68. The highest BCUT2D eigenvalue weighted by molar-refractivity contribution is 6.74. The van der Waals surface area contributed by atoms with Crippen LogP contribution in [-0.2, 0) is 23.5 Å². The van der Waals surface area contributed by atoms with Gasteiger partial charge >= 0.3 is 12.1 Å². The Kier molecular flexibility index (Phi) is 9.14. The number of amides is 2. The van der Waals surface area contributed by atoms with Crippen LogP contribution in [0.1, 0.15) is 47.5 Å². The number of fused-ring (bicyclic) bond motifs is 1. The molecule has 3 heterocycles. The minimum absolute atomic E-state index is 0.0147. The van der Waals surface area contributed by atoms with Crippen LogP contribution < -0.4 is 0 Å². The molecule has 9 heteroatoms. The summed E-state index contributed by atoms with van der Waals surface area (Å²) in [7, 11) is -2.10. The van der Waals surface area contributed by atoms with E-state index in [0.717, 1.165) is 18.4 Å². The van der Waals surface area contributed by atoms with Gasteiger partial charge in [-0.15, -0.1) is 0 Å². The molecule has 0 bridgehead atoms. The van der Waals surface area contributed by atoms with Gasteiger partial charge in [-0.1, -0.05) is 65.2 Å². The molecular weight excluding hydrogens is 500 g/mol. The lowest BCUT2D eigenvalue weighted by molar-refractivity contribution is -0.163. The van der Waals surface area contributed by atoms with Gasteiger partial charge in [-0.25, -0.2) is 9.59 Å². The molecule has 5 atom stereocenters. The number of hydrogen-bond donors (Lipinski definition) is 0. The molecule has 0 aromatic rings. The van der Waals surface area contributed by atoms with Gasteiger partial charge in [0.25, 0.3) is 0 Å². The zero-order chi connectivity index (χ0) is 28.4. The Balaban J connectivity index is 1.88. The fourth-order valence-electron chi connectivity index (χ4n) is 5.35. The highest BCUT2D eigenvalue weighted by Crippen LogP contribution is 2.49. The number of carbonyl (C=O) groups is 3. The summed E-state index contributed by atoms with van der Waals surface area (Å²) in [6.07, 6.45) is 7.88. The van der Waals surface area contributed by atoms with E-state index in [-0.39, 0.29) is 66.0 Å². The van der Waals surface area contributed by atoms with Gasteiger partial charge in [0.2, 0.25) is 5.91 Å². The lowest BCUT2D eigenvalue weighted by Gasteiger charge is -2.50. The maximum Gasteiger partial charge on any atom is 0.410 e. The van der Waals surface area contributed by atoms with Gasteiger partial charge in [-0.2, -0.15) is 0 Å². The molecule has 38 heavy (non-hydrogen) atoms. The molecule has 3 aliphatic heterocycles. The second-order valence-electron chi connectivity index (χ2n) is 11.9. The smallest absolute Gasteiger partial charge is 0.410 e. The van der Waals surface area contributed by atoms with E-state index in [1.54, 1.807) is 15.9 Å². The van der Waals surface area contributed by atoms with Gasteiger partial charge in [-0.3, -0.25) is 4.79 Å². The molecule has 0 aliphatic carbocycles. The highest BCUT2D eigenvalue weighted by Gasteiger charge is 2.60. The average molecular weight is 545 g/mol. The van der Waals surface area contributed by atoms with Crippen LogP contribution in [0.3, 0.4) is 0 Å². The molecule has 0 aromatic heterocycles. The fourth-order valence-corrected chi connectivity index (χ4v) is 6.78.